The molecule has 8 heavy (non-hydrogen) atoms. The van der Waals surface area contributed by atoms with Crippen LogP contribution in [0.15, 0.2) is 0 Å². The third kappa shape index (κ3) is 82.2. The van der Waals surface area contributed by atoms with Crippen LogP contribution in [0.1, 0.15) is 0 Å². The van der Waals surface area contributed by atoms with E-state index in [9.17, 15) is 25.2 Å². The molecule has 0 aromatic rings. The molecule has 0 saturated heterocycles. The van der Waals surface area contributed by atoms with Gasteiger partial charge in [0.1, 0.15) is 0 Å². The first-order valence-corrected chi connectivity index (χ1v) is 3.04. The predicted octanol–water partition coefficient (Wildman–Crippen LogP) is 3.38. The van der Waals surface area contributed by atoms with E-state index in [1.807, 2.05) is 0 Å². The second kappa shape index (κ2) is 0.769. The third-order valence-electron chi connectivity index (χ3n) is 0. The predicted molar refractivity (Wildman–Crippen MR) is 13.6 cm³/mol. The molecule has 0 aromatic carbocycles. The van der Waals surface area contributed by atoms with Crippen LogP contribution in [-0.4, -0.2) is 0 Å². The summed E-state index contributed by atoms with van der Waals surface area (Å²) >= 11 is 0. The Hall–Kier alpha value is -0.990. The van der Waals surface area contributed by atoms with Gasteiger partial charge in [0.05, 0.1) is 0 Å². The van der Waals surface area contributed by atoms with Crippen molar-refractivity contribution in [1.29, 1.82) is 0 Å². The number of halogens is 6. The van der Waals surface area contributed by atoms with Gasteiger partial charge in [0.2, 0.25) is 0 Å². The molecule has 0 unspecified atom stereocenters. The standard InChI is InChI=1S/F6P.Lr/c1-7(2,3,4,5)6;/q-1;. The van der Waals surface area contributed by atoms with E-state index in [2.05, 4.69) is 0 Å². The Balaban J connectivity index is 0. The second-order valence-electron chi connectivity index (χ2n) is 0.958. The van der Waals surface area contributed by atoms with Crippen LogP contribution >= 0.6 is 7.81 Å². The van der Waals surface area contributed by atoms with Gasteiger partial charge in [0, 0.05) is 0 Å². The van der Waals surface area contributed by atoms with Gasteiger partial charge in [-0.25, -0.2) is 0 Å². The van der Waals surface area contributed by atoms with Crippen molar-refractivity contribution in [3.05, 3.63) is 0 Å². The molecule has 0 bridgehead atoms. The summed E-state index contributed by atoms with van der Waals surface area (Å²) in [6.45, 7) is 0. The van der Waals surface area contributed by atoms with Crippen LogP contribution in [0.25, 0.3) is 0 Å². The van der Waals surface area contributed by atoms with E-state index in [1.165, 1.54) is 0 Å². The maximum Gasteiger partial charge on any atom is 0 e. The van der Waals surface area contributed by atoms with Crippen molar-refractivity contribution >= 4 is 7.81 Å². The van der Waals surface area contributed by atoms with E-state index >= 15 is 0 Å². The zero-order valence-corrected chi connectivity index (χ0v) is 6.02. The summed E-state index contributed by atoms with van der Waals surface area (Å²) in [4.78, 5) is 0. The Morgan fingerprint density at radius 3 is 0.625 bits per heavy atom. The van der Waals surface area contributed by atoms with Gasteiger partial charge < -0.3 is 0 Å². The molecular formula is F6LrP-. The van der Waals surface area contributed by atoms with Crippen molar-refractivity contribution in [2.24, 2.45) is 0 Å². The van der Waals surface area contributed by atoms with Gasteiger partial charge >= 0.3 is 33.0 Å². The summed E-state index contributed by atoms with van der Waals surface area (Å²) in [6, 6.07) is 0. The molecule has 0 heterocycles. The maximum absolute atomic E-state index is 10.7. The van der Waals surface area contributed by atoms with E-state index in [0.717, 1.165) is 0 Å². The van der Waals surface area contributed by atoms with Crippen LogP contribution in [0, 0.1) is 0 Å². The average molecular weight is 407 g/mol. The van der Waals surface area contributed by atoms with Crippen LogP contribution in [0.4, 0.5) is 25.2 Å². The Morgan fingerprint density at radius 1 is 0.625 bits per heavy atom. The van der Waals surface area contributed by atoms with Gasteiger partial charge in [-0.05, 0) is 0 Å². The molecule has 0 amide bonds. The normalized spacial score (nSPS) is 20.2. The van der Waals surface area contributed by atoms with Crippen LogP contribution in [-0.2, 0) is 0 Å². The SMILES string of the molecule is F[P-](F)(F)(F)(F)F.[Lr]. The zero-order valence-electron chi connectivity index (χ0n) is 2.97. The van der Waals surface area contributed by atoms with Gasteiger partial charge in [0.15, 0.2) is 0 Å². The first kappa shape index (κ1) is 10.1. The molecule has 0 aromatic heterocycles. The summed E-state index contributed by atoms with van der Waals surface area (Å²) < 4.78 is 59.2. The van der Waals surface area contributed by atoms with Crippen molar-refractivity contribution in [1.82, 2.24) is 0 Å². The van der Waals surface area contributed by atoms with Crippen molar-refractivity contribution in [2.45, 2.75) is 0 Å². The van der Waals surface area contributed by atoms with E-state index in [0.29, 0.717) is 0 Å². The molecule has 0 spiro atoms. The third-order valence-corrected chi connectivity index (χ3v) is 0. The molecular weight excluding hydrogens is 407 g/mol. The fourth-order valence-corrected chi connectivity index (χ4v) is 0. The Morgan fingerprint density at radius 2 is 0.625 bits per heavy atom. The molecule has 0 aliphatic heterocycles. The minimum atomic E-state index is -10.7. The second-order valence-corrected chi connectivity index (χ2v) is 2.87. The average Bonchev–Trinajstić information content (AvgIpc) is 0.592. The molecule has 0 aliphatic carbocycles. The number of hydrogen-bond acceptors (Lipinski definition) is 0. The van der Waals surface area contributed by atoms with Gasteiger partial charge in [-0.2, -0.15) is 0 Å². The zero-order chi connectivity index (χ0) is 6.41. The molecule has 0 nitrogen and oxygen atoms in total. The Labute approximate surface area is 34.4 Å². The molecule has 0 aliphatic rings. The fourth-order valence-electron chi connectivity index (χ4n) is 0. The number of hydrogen-bond donors (Lipinski definition) is 0. The van der Waals surface area contributed by atoms with Gasteiger partial charge in [-0.1, -0.05) is 0 Å². The minimum Gasteiger partial charge on any atom is 0 e. The summed E-state index contributed by atoms with van der Waals surface area (Å²) in [6.07, 6.45) is 0. The van der Waals surface area contributed by atoms with Crippen molar-refractivity contribution in [3.63, 3.8) is 0 Å². The van der Waals surface area contributed by atoms with Crippen molar-refractivity contribution in [2.75, 3.05) is 0 Å². The molecule has 0 N–H and O–H groups in total. The largest absolute Gasteiger partial charge is 0 e. The topological polar surface area (TPSA) is 0 Å². The molecule has 0 fully saturated rings. The smallest absolute Gasteiger partial charge is 0 e. The molecule has 63 valence electrons. The van der Waals surface area contributed by atoms with Gasteiger partial charge in [-0.15, -0.1) is 0 Å². The Bertz CT molecular complexity index is 67.1. The summed E-state index contributed by atoms with van der Waals surface area (Å²) in [5, 5.41) is 0. The van der Waals surface area contributed by atoms with Crippen molar-refractivity contribution in [3.8, 4) is 0 Å². The summed E-state index contributed by atoms with van der Waals surface area (Å²) in [7, 11) is -10.7. The number of rotatable bonds is 0. The van der Waals surface area contributed by atoms with E-state index in [1.54, 1.807) is 0 Å². The van der Waals surface area contributed by atoms with Crippen LogP contribution < -0.4 is 0 Å². The van der Waals surface area contributed by atoms with Crippen LogP contribution in [0.5, 0.6) is 0 Å². The quantitative estimate of drug-likeness (QED) is 0.427. The Kier molecular flexibility index (Phi) is 0.969. The molecule has 0 saturated carbocycles. The van der Waals surface area contributed by atoms with Crippen LogP contribution in [0.2, 0.25) is 0 Å². The minimum absolute atomic E-state index is 0. The fraction of sp³-hybridized carbons (Fsp3) is 0. The van der Waals surface area contributed by atoms with E-state index in [-0.39, 0.29) is 0 Å². The molecule has 8 heteroatoms. The van der Waals surface area contributed by atoms with E-state index in [4.69, 9.17) is 0 Å². The summed E-state index contributed by atoms with van der Waals surface area (Å²) in [5.41, 5.74) is 0. The summed E-state index contributed by atoms with van der Waals surface area (Å²) in [5.74, 6) is 0. The van der Waals surface area contributed by atoms with Crippen molar-refractivity contribution < 1.29 is 25.2 Å². The monoisotopic (exact) mass is 407 g/mol. The maximum atomic E-state index is 9.87. The molecule has 1 radical (unpaired) electrons. The first-order chi connectivity index (χ1) is 2.45. The van der Waals surface area contributed by atoms with Crippen LogP contribution in [0.3, 0.4) is 0 Å². The van der Waals surface area contributed by atoms with Gasteiger partial charge in [-0.3, -0.25) is 0 Å². The van der Waals surface area contributed by atoms with E-state index < -0.39 is 7.81 Å². The molecule has 0 rings (SSSR count). The van der Waals surface area contributed by atoms with Gasteiger partial charge in [0.25, 0.3) is 0 Å². The first-order valence-electron chi connectivity index (χ1n) is 1.01. The molecule has 0 atom stereocenters.